The van der Waals surface area contributed by atoms with Crippen LogP contribution in [0.2, 0.25) is 0 Å². The average molecular weight is 246 g/mol. The predicted molar refractivity (Wildman–Crippen MR) is 70.4 cm³/mol. The summed E-state index contributed by atoms with van der Waals surface area (Å²) in [7, 11) is 1.84. The van der Waals surface area contributed by atoms with Crippen molar-refractivity contribution in [3.8, 4) is 0 Å². The Morgan fingerprint density at radius 3 is 3.06 bits per heavy atom. The quantitative estimate of drug-likeness (QED) is 0.785. The number of fused-ring (bicyclic) bond motifs is 1. The number of carbonyl (C=O) groups excluding carboxylic acids is 1. The minimum atomic E-state index is 0.0770. The molecular formula is C13H18N4O. The zero-order chi connectivity index (χ0) is 12.8. The Morgan fingerprint density at radius 1 is 1.39 bits per heavy atom. The third kappa shape index (κ3) is 3.30. The summed E-state index contributed by atoms with van der Waals surface area (Å²) in [4.78, 5) is 15.9. The zero-order valence-electron chi connectivity index (χ0n) is 10.5. The Balaban J connectivity index is 1.81. The van der Waals surface area contributed by atoms with E-state index in [1.54, 1.807) is 0 Å². The molecule has 0 unspecified atom stereocenters. The summed E-state index contributed by atoms with van der Waals surface area (Å²) in [5.74, 6) is 0.0770. The van der Waals surface area contributed by atoms with Gasteiger partial charge in [0.2, 0.25) is 5.91 Å². The Morgan fingerprint density at radius 2 is 2.28 bits per heavy atom. The van der Waals surface area contributed by atoms with Gasteiger partial charge in [-0.2, -0.15) is 0 Å². The van der Waals surface area contributed by atoms with E-state index in [0.717, 1.165) is 17.8 Å². The molecule has 2 aromatic heterocycles. The second-order valence-corrected chi connectivity index (χ2v) is 4.15. The van der Waals surface area contributed by atoms with Gasteiger partial charge >= 0.3 is 0 Å². The molecule has 0 saturated carbocycles. The minimum absolute atomic E-state index is 0.0770. The molecule has 0 saturated heterocycles. The van der Waals surface area contributed by atoms with Crippen molar-refractivity contribution in [1.82, 2.24) is 20.0 Å². The van der Waals surface area contributed by atoms with Crippen molar-refractivity contribution < 1.29 is 4.79 Å². The first-order valence-corrected chi connectivity index (χ1v) is 6.13. The summed E-state index contributed by atoms with van der Waals surface area (Å²) in [6, 6.07) is 5.90. The Bertz CT molecular complexity index is 487. The Hall–Kier alpha value is -1.88. The molecule has 0 atom stereocenters. The Labute approximate surface area is 106 Å². The molecule has 0 aromatic carbocycles. The molecule has 0 bridgehead atoms. The summed E-state index contributed by atoms with van der Waals surface area (Å²) >= 11 is 0. The van der Waals surface area contributed by atoms with Crippen LogP contribution in [0.3, 0.4) is 0 Å². The fourth-order valence-electron chi connectivity index (χ4n) is 1.76. The van der Waals surface area contributed by atoms with Gasteiger partial charge in [-0.05, 0) is 19.2 Å². The third-order valence-electron chi connectivity index (χ3n) is 2.72. The van der Waals surface area contributed by atoms with Crippen LogP contribution in [-0.2, 0) is 11.2 Å². The highest BCUT2D eigenvalue weighted by molar-refractivity contribution is 5.76. The first kappa shape index (κ1) is 12.6. The number of aromatic nitrogens is 2. The molecule has 0 spiro atoms. The number of hydrogen-bond acceptors (Lipinski definition) is 3. The standard InChI is InChI=1S/C13H18N4O/c1-14-7-6-13(18)15-8-5-11-10-17-9-3-2-4-12(17)16-11/h2-4,9-10,14H,5-8H2,1H3,(H,15,18). The van der Waals surface area contributed by atoms with E-state index in [1.807, 2.05) is 42.0 Å². The van der Waals surface area contributed by atoms with Crippen molar-refractivity contribution in [3.05, 3.63) is 36.3 Å². The number of nitrogens with zero attached hydrogens (tertiary/aromatic N) is 2. The van der Waals surface area contributed by atoms with Crippen LogP contribution in [0.1, 0.15) is 12.1 Å². The van der Waals surface area contributed by atoms with E-state index in [-0.39, 0.29) is 5.91 Å². The van der Waals surface area contributed by atoms with Gasteiger partial charge in [0.05, 0.1) is 5.69 Å². The lowest BCUT2D eigenvalue weighted by atomic mass is 10.3. The van der Waals surface area contributed by atoms with E-state index in [1.165, 1.54) is 0 Å². The van der Waals surface area contributed by atoms with E-state index in [2.05, 4.69) is 15.6 Å². The summed E-state index contributed by atoms with van der Waals surface area (Å²) in [5, 5.41) is 5.83. The van der Waals surface area contributed by atoms with Crippen LogP contribution >= 0.6 is 0 Å². The van der Waals surface area contributed by atoms with E-state index < -0.39 is 0 Å². The second-order valence-electron chi connectivity index (χ2n) is 4.15. The van der Waals surface area contributed by atoms with E-state index >= 15 is 0 Å². The maximum atomic E-state index is 11.4. The molecule has 0 fully saturated rings. The fraction of sp³-hybridized carbons (Fsp3) is 0.385. The molecule has 2 heterocycles. The summed E-state index contributed by atoms with van der Waals surface area (Å²) < 4.78 is 1.98. The van der Waals surface area contributed by atoms with Crippen LogP contribution in [-0.4, -0.2) is 35.4 Å². The van der Waals surface area contributed by atoms with Crippen LogP contribution in [0.25, 0.3) is 5.65 Å². The molecule has 2 rings (SSSR count). The molecule has 2 N–H and O–H groups in total. The number of nitrogens with one attached hydrogen (secondary N) is 2. The van der Waals surface area contributed by atoms with Gasteiger partial charge in [-0.3, -0.25) is 4.79 Å². The number of imidazole rings is 1. The lowest BCUT2D eigenvalue weighted by Crippen LogP contribution is -2.28. The van der Waals surface area contributed by atoms with Gasteiger partial charge < -0.3 is 15.0 Å². The number of hydrogen-bond donors (Lipinski definition) is 2. The van der Waals surface area contributed by atoms with Gasteiger partial charge in [-0.15, -0.1) is 0 Å². The molecule has 1 amide bonds. The van der Waals surface area contributed by atoms with Crippen LogP contribution in [0, 0.1) is 0 Å². The number of pyridine rings is 1. The van der Waals surface area contributed by atoms with Gasteiger partial charge in [0.15, 0.2) is 0 Å². The largest absolute Gasteiger partial charge is 0.356 e. The van der Waals surface area contributed by atoms with Crippen LogP contribution in [0.15, 0.2) is 30.6 Å². The van der Waals surface area contributed by atoms with Gasteiger partial charge in [0.25, 0.3) is 0 Å². The van der Waals surface area contributed by atoms with Gasteiger partial charge in [-0.1, -0.05) is 6.07 Å². The summed E-state index contributed by atoms with van der Waals surface area (Å²) in [6.07, 6.45) is 5.24. The fourth-order valence-corrected chi connectivity index (χ4v) is 1.76. The summed E-state index contributed by atoms with van der Waals surface area (Å²) in [5.41, 5.74) is 1.93. The maximum Gasteiger partial charge on any atom is 0.221 e. The van der Waals surface area contributed by atoms with Gasteiger partial charge in [0, 0.05) is 38.3 Å². The molecule has 0 aliphatic heterocycles. The maximum absolute atomic E-state index is 11.4. The van der Waals surface area contributed by atoms with Crippen molar-refractivity contribution in [3.63, 3.8) is 0 Å². The molecule has 5 heteroatoms. The average Bonchev–Trinajstić information content (AvgIpc) is 2.79. The van der Waals surface area contributed by atoms with E-state index in [4.69, 9.17) is 0 Å². The minimum Gasteiger partial charge on any atom is -0.356 e. The molecule has 0 aliphatic carbocycles. The van der Waals surface area contributed by atoms with Crippen molar-refractivity contribution in [2.45, 2.75) is 12.8 Å². The van der Waals surface area contributed by atoms with Gasteiger partial charge in [0.1, 0.15) is 5.65 Å². The molecule has 18 heavy (non-hydrogen) atoms. The van der Waals surface area contributed by atoms with Crippen LogP contribution in [0.4, 0.5) is 0 Å². The van der Waals surface area contributed by atoms with Crippen LogP contribution in [0.5, 0.6) is 0 Å². The lowest BCUT2D eigenvalue weighted by Gasteiger charge is -2.02. The topological polar surface area (TPSA) is 58.4 Å². The zero-order valence-corrected chi connectivity index (χ0v) is 10.5. The predicted octanol–water partition coefficient (Wildman–Crippen LogP) is 0.603. The lowest BCUT2D eigenvalue weighted by molar-refractivity contribution is -0.120. The molecule has 0 radical (unpaired) electrons. The highest BCUT2D eigenvalue weighted by atomic mass is 16.1. The number of rotatable bonds is 6. The smallest absolute Gasteiger partial charge is 0.221 e. The van der Waals surface area contributed by atoms with Crippen molar-refractivity contribution in [2.24, 2.45) is 0 Å². The molecule has 2 aromatic rings. The second kappa shape index (κ2) is 6.16. The number of amides is 1. The van der Waals surface area contributed by atoms with Crippen LogP contribution < -0.4 is 10.6 Å². The van der Waals surface area contributed by atoms with Crippen molar-refractivity contribution >= 4 is 11.6 Å². The van der Waals surface area contributed by atoms with Crippen molar-refractivity contribution in [1.29, 1.82) is 0 Å². The third-order valence-corrected chi connectivity index (χ3v) is 2.72. The molecular weight excluding hydrogens is 228 g/mol. The van der Waals surface area contributed by atoms with Crippen molar-refractivity contribution in [2.75, 3.05) is 20.1 Å². The highest BCUT2D eigenvalue weighted by Gasteiger charge is 2.02. The first-order valence-electron chi connectivity index (χ1n) is 6.13. The molecule has 5 nitrogen and oxygen atoms in total. The Kier molecular flexibility index (Phi) is 4.30. The van der Waals surface area contributed by atoms with E-state index in [9.17, 15) is 4.79 Å². The summed E-state index contributed by atoms with van der Waals surface area (Å²) in [6.45, 7) is 1.34. The SMILES string of the molecule is CNCCC(=O)NCCc1cn2ccccc2n1. The molecule has 0 aliphatic rings. The highest BCUT2D eigenvalue weighted by Crippen LogP contribution is 2.04. The van der Waals surface area contributed by atoms with E-state index in [0.29, 0.717) is 19.5 Å². The van der Waals surface area contributed by atoms with Gasteiger partial charge in [-0.25, -0.2) is 4.98 Å². The number of carbonyl (C=O) groups is 1. The normalized spacial score (nSPS) is 10.7. The first-order chi connectivity index (χ1) is 8.79. The monoisotopic (exact) mass is 246 g/mol. The molecule has 96 valence electrons.